The van der Waals surface area contributed by atoms with Crippen molar-refractivity contribution in [2.24, 2.45) is 5.92 Å². The highest BCUT2D eigenvalue weighted by Crippen LogP contribution is 2.32. The zero-order valence-corrected chi connectivity index (χ0v) is 21.3. The third kappa shape index (κ3) is 5.45. The highest BCUT2D eigenvalue weighted by Gasteiger charge is 2.31. The fourth-order valence-electron chi connectivity index (χ4n) is 5.05. The summed E-state index contributed by atoms with van der Waals surface area (Å²) >= 11 is 0. The normalized spacial score (nSPS) is 16.8. The van der Waals surface area contributed by atoms with Crippen molar-refractivity contribution in [1.82, 2.24) is 14.9 Å². The Morgan fingerprint density at radius 2 is 1.53 bits per heavy atom. The van der Waals surface area contributed by atoms with Crippen LogP contribution in [0.4, 0.5) is 11.5 Å². The van der Waals surface area contributed by atoms with Crippen LogP contribution in [0.25, 0.3) is 0 Å². The lowest BCUT2D eigenvalue weighted by atomic mass is 9.95. The third-order valence-electron chi connectivity index (χ3n) is 7.33. The minimum absolute atomic E-state index is 0.0646. The van der Waals surface area contributed by atoms with Crippen LogP contribution < -0.4 is 14.5 Å². The molecule has 36 heavy (non-hydrogen) atoms. The predicted molar refractivity (Wildman–Crippen MR) is 143 cm³/mol. The molecule has 2 aromatic carbocycles. The van der Waals surface area contributed by atoms with Gasteiger partial charge in [-0.15, -0.1) is 0 Å². The smallest absolute Gasteiger partial charge is 0.263 e. The third-order valence-corrected chi connectivity index (χ3v) is 7.33. The van der Waals surface area contributed by atoms with Crippen LogP contribution in [0.2, 0.25) is 0 Å². The van der Waals surface area contributed by atoms with Crippen LogP contribution in [0.3, 0.4) is 0 Å². The molecule has 0 unspecified atom stereocenters. The number of aryl methyl sites for hydroxylation is 2. The van der Waals surface area contributed by atoms with Crippen LogP contribution >= 0.6 is 0 Å². The lowest BCUT2D eigenvalue weighted by molar-refractivity contribution is -0.136. The largest absolute Gasteiger partial charge is 0.436 e. The van der Waals surface area contributed by atoms with Crippen molar-refractivity contribution >= 4 is 17.4 Å². The Morgan fingerprint density at radius 3 is 2.19 bits per heavy atom. The number of nitrogens with zero attached hydrogens (tertiary/aromatic N) is 5. The summed E-state index contributed by atoms with van der Waals surface area (Å²) in [5.41, 5.74) is 3.78. The van der Waals surface area contributed by atoms with Gasteiger partial charge in [-0.3, -0.25) is 4.79 Å². The molecule has 2 saturated heterocycles. The van der Waals surface area contributed by atoms with Gasteiger partial charge in [0, 0.05) is 63.3 Å². The van der Waals surface area contributed by atoms with Crippen molar-refractivity contribution in [1.29, 1.82) is 0 Å². The molecule has 188 valence electrons. The maximum Gasteiger partial charge on any atom is 0.263 e. The maximum absolute atomic E-state index is 13.3. The van der Waals surface area contributed by atoms with Crippen molar-refractivity contribution in [3.05, 3.63) is 72.1 Å². The molecule has 0 aliphatic carbocycles. The number of hydrogen-bond donors (Lipinski definition) is 0. The summed E-state index contributed by atoms with van der Waals surface area (Å²) in [7, 11) is 0. The maximum atomic E-state index is 13.3. The molecule has 7 heteroatoms. The van der Waals surface area contributed by atoms with Crippen LogP contribution in [0.15, 0.2) is 60.9 Å². The molecule has 0 spiro atoms. The van der Waals surface area contributed by atoms with E-state index in [4.69, 9.17) is 4.74 Å². The molecule has 0 bridgehead atoms. The number of ether oxygens (including phenoxy) is 1. The van der Waals surface area contributed by atoms with E-state index in [2.05, 4.69) is 74.9 Å². The average Bonchev–Trinajstić information content (AvgIpc) is 2.94. The van der Waals surface area contributed by atoms with Gasteiger partial charge in [-0.2, -0.15) is 0 Å². The monoisotopic (exact) mass is 485 g/mol. The predicted octanol–water partition coefficient (Wildman–Crippen LogP) is 4.70. The lowest BCUT2D eigenvalue weighted by Crippen LogP contribution is -2.51. The molecule has 2 aliphatic rings. The fraction of sp³-hybridized carbons (Fsp3) is 0.414. The molecule has 7 nitrogen and oxygen atoms in total. The first-order valence-corrected chi connectivity index (χ1v) is 13.0. The number of piperazine rings is 1. The first kappa shape index (κ1) is 24.1. The van der Waals surface area contributed by atoms with Gasteiger partial charge >= 0.3 is 0 Å². The number of rotatable bonds is 6. The topological polar surface area (TPSA) is 61.8 Å². The number of amides is 1. The van der Waals surface area contributed by atoms with Gasteiger partial charge in [0.15, 0.2) is 5.82 Å². The second-order valence-corrected chi connectivity index (χ2v) is 9.69. The number of benzene rings is 2. The van der Waals surface area contributed by atoms with Crippen LogP contribution in [-0.4, -0.2) is 60.0 Å². The molecule has 3 heterocycles. The second kappa shape index (κ2) is 11.0. The van der Waals surface area contributed by atoms with Gasteiger partial charge in [0.05, 0.1) is 0 Å². The molecular formula is C29H35N5O2. The Balaban J connectivity index is 1.15. The minimum atomic E-state index is 0.0646. The molecule has 1 aromatic heterocycles. The van der Waals surface area contributed by atoms with Gasteiger partial charge in [0.2, 0.25) is 5.91 Å². The van der Waals surface area contributed by atoms with Gasteiger partial charge in [-0.05, 0) is 56.0 Å². The Hall–Kier alpha value is -3.61. The van der Waals surface area contributed by atoms with Crippen molar-refractivity contribution in [2.45, 2.75) is 33.1 Å². The molecule has 1 amide bonds. The van der Waals surface area contributed by atoms with Crippen LogP contribution in [0.5, 0.6) is 11.6 Å². The van der Waals surface area contributed by atoms with E-state index in [0.29, 0.717) is 11.8 Å². The number of aromatic nitrogens is 2. The minimum Gasteiger partial charge on any atom is -0.436 e. The standard InChI is InChI=1S/C29H35N5O2/c1-3-23-6-10-26(11-7-23)36-28-27(30-14-15-31-28)33-16-12-24(13-17-33)29(35)34-20-18-32(19-21-34)25-8-4-22(2)5-9-25/h4-11,14-15,24H,3,12-13,16-21H2,1-2H3. The molecule has 3 aromatic rings. The summed E-state index contributed by atoms with van der Waals surface area (Å²) in [5, 5.41) is 0. The second-order valence-electron chi connectivity index (χ2n) is 9.69. The van der Waals surface area contributed by atoms with E-state index in [1.165, 1.54) is 16.8 Å². The summed E-state index contributed by atoms with van der Waals surface area (Å²) in [6.07, 6.45) is 5.99. The van der Waals surface area contributed by atoms with Gasteiger partial charge in [0.1, 0.15) is 5.75 Å². The quantitative estimate of drug-likeness (QED) is 0.504. The van der Waals surface area contributed by atoms with E-state index < -0.39 is 0 Å². The number of carbonyl (C=O) groups is 1. The number of piperidine rings is 1. The number of anilines is 2. The summed E-state index contributed by atoms with van der Waals surface area (Å²) in [4.78, 5) is 28.9. The van der Waals surface area contributed by atoms with Crippen molar-refractivity contribution < 1.29 is 9.53 Å². The van der Waals surface area contributed by atoms with E-state index in [1.54, 1.807) is 12.4 Å². The van der Waals surface area contributed by atoms with Crippen LogP contribution in [0.1, 0.15) is 30.9 Å². The lowest BCUT2D eigenvalue weighted by Gasteiger charge is -2.39. The molecule has 2 fully saturated rings. The Bertz CT molecular complexity index is 1150. The van der Waals surface area contributed by atoms with Gasteiger partial charge in [-0.1, -0.05) is 36.8 Å². The summed E-state index contributed by atoms with van der Waals surface area (Å²) in [6.45, 7) is 9.11. The fourth-order valence-corrected chi connectivity index (χ4v) is 5.05. The molecular weight excluding hydrogens is 450 g/mol. The van der Waals surface area contributed by atoms with Crippen LogP contribution in [0, 0.1) is 12.8 Å². The molecule has 2 aliphatic heterocycles. The number of hydrogen-bond acceptors (Lipinski definition) is 6. The van der Waals surface area contributed by atoms with Crippen molar-refractivity contribution in [2.75, 3.05) is 49.1 Å². The molecule has 0 saturated carbocycles. The van der Waals surface area contributed by atoms with E-state index >= 15 is 0 Å². The van der Waals surface area contributed by atoms with E-state index in [-0.39, 0.29) is 5.92 Å². The number of carbonyl (C=O) groups excluding carboxylic acids is 1. The van der Waals surface area contributed by atoms with Crippen molar-refractivity contribution in [3.8, 4) is 11.6 Å². The van der Waals surface area contributed by atoms with E-state index in [9.17, 15) is 4.79 Å². The molecule has 0 radical (unpaired) electrons. The summed E-state index contributed by atoms with van der Waals surface area (Å²) in [6, 6.07) is 16.7. The Labute approximate surface area is 213 Å². The summed E-state index contributed by atoms with van der Waals surface area (Å²) in [5.74, 6) is 2.37. The van der Waals surface area contributed by atoms with Gasteiger partial charge in [-0.25, -0.2) is 9.97 Å². The zero-order chi connectivity index (χ0) is 24.9. The molecule has 0 N–H and O–H groups in total. The summed E-state index contributed by atoms with van der Waals surface area (Å²) < 4.78 is 6.09. The highest BCUT2D eigenvalue weighted by molar-refractivity contribution is 5.79. The first-order valence-electron chi connectivity index (χ1n) is 13.0. The van der Waals surface area contributed by atoms with Gasteiger partial charge < -0.3 is 19.4 Å². The Kier molecular flexibility index (Phi) is 7.35. The van der Waals surface area contributed by atoms with Gasteiger partial charge in [0.25, 0.3) is 5.88 Å². The van der Waals surface area contributed by atoms with E-state index in [1.807, 2.05) is 12.1 Å². The van der Waals surface area contributed by atoms with Crippen molar-refractivity contribution in [3.63, 3.8) is 0 Å². The zero-order valence-electron chi connectivity index (χ0n) is 21.3. The molecule has 0 atom stereocenters. The highest BCUT2D eigenvalue weighted by atomic mass is 16.5. The first-order chi connectivity index (χ1) is 17.6. The Morgan fingerprint density at radius 1 is 0.861 bits per heavy atom. The average molecular weight is 486 g/mol. The molecule has 5 rings (SSSR count). The van der Waals surface area contributed by atoms with E-state index in [0.717, 1.165) is 70.1 Å². The van der Waals surface area contributed by atoms with Crippen LogP contribution in [-0.2, 0) is 11.2 Å². The SMILES string of the molecule is CCc1ccc(Oc2nccnc2N2CCC(C(=O)N3CCN(c4ccc(C)cc4)CC3)CC2)cc1.